The van der Waals surface area contributed by atoms with E-state index in [9.17, 15) is 9.59 Å². The smallest absolute Gasteiger partial charge is 0.246 e. The SMILES string of the molecule is COCC(=O)NCCNC(=O)C(C)Cl. The van der Waals surface area contributed by atoms with Crippen molar-refractivity contribution < 1.29 is 14.3 Å². The van der Waals surface area contributed by atoms with Crippen molar-refractivity contribution in [2.24, 2.45) is 0 Å². The van der Waals surface area contributed by atoms with Crippen molar-refractivity contribution in [3.63, 3.8) is 0 Å². The molecule has 0 aliphatic heterocycles. The molecule has 2 N–H and O–H groups in total. The number of halogens is 1. The van der Waals surface area contributed by atoms with Gasteiger partial charge >= 0.3 is 0 Å². The van der Waals surface area contributed by atoms with Crippen LogP contribution in [0.5, 0.6) is 0 Å². The highest BCUT2D eigenvalue weighted by atomic mass is 35.5. The van der Waals surface area contributed by atoms with Gasteiger partial charge in [-0.15, -0.1) is 11.6 Å². The van der Waals surface area contributed by atoms with Gasteiger partial charge in [-0.05, 0) is 6.92 Å². The predicted molar refractivity (Wildman–Crippen MR) is 53.2 cm³/mol. The van der Waals surface area contributed by atoms with Crippen molar-refractivity contribution in [1.82, 2.24) is 10.6 Å². The van der Waals surface area contributed by atoms with Gasteiger partial charge in [0.2, 0.25) is 11.8 Å². The third-order valence-corrected chi connectivity index (χ3v) is 1.58. The zero-order valence-electron chi connectivity index (χ0n) is 8.30. The Morgan fingerprint density at radius 2 is 1.93 bits per heavy atom. The van der Waals surface area contributed by atoms with Crippen molar-refractivity contribution in [1.29, 1.82) is 0 Å². The standard InChI is InChI=1S/C8H15ClN2O3/c1-6(9)8(13)11-4-3-10-7(12)5-14-2/h6H,3-5H2,1-2H3,(H,10,12)(H,11,13). The second kappa shape index (κ2) is 7.58. The summed E-state index contributed by atoms with van der Waals surface area (Å²) in [6, 6.07) is 0. The van der Waals surface area contributed by atoms with Crippen LogP contribution >= 0.6 is 11.6 Å². The van der Waals surface area contributed by atoms with E-state index in [4.69, 9.17) is 11.6 Å². The van der Waals surface area contributed by atoms with Crippen LogP contribution in [-0.2, 0) is 14.3 Å². The highest BCUT2D eigenvalue weighted by Crippen LogP contribution is 1.90. The van der Waals surface area contributed by atoms with Crippen LogP contribution in [0, 0.1) is 0 Å². The molecule has 0 saturated carbocycles. The van der Waals surface area contributed by atoms with Crippen LogP contribution in [0.25, 0.3) is 0 Å². The monoisotopic (exact) mass is 222 g/mol. The molecule has 82 valence electrons. The first kappa shape index (κ1) is 13.2. The van der Waals surface area contributed by atoms with Crippen LogP contribution in [0.3, 0.4) is 0 Å². The minimum atomic E-state index is -0.551. The van der Waals surface area contributed by atoms with Gasteiger partial charge in [0.1, 0.15) is 12.0 Å². The number of carbonyl (C=O) groups excluding carboxylic acids is 2. The summed E-state index contributed by atoms with van der Waals surface area (Å²) in [4.78, 5) is 21.8. The molecule has 0 aromatic heterocycles. The summed E-state index contributed by atoms with van der Waals surface area (Å²) in [5, 5.41) is 4.56. The Labute approximate surface area is 88.1 Å². The summed E-state index contributed by atoms with van der Waals surface area (Å²) in [6.07, 6.45) is 0. The molecule has 0 spiro atoms. The van der Waals surface area contributed by atoms with E-state index in [0.717, 1.165) is 0 Å². The molecular formula is C8H15ClN2O3. The Hall–Kier alpha value is -0.810. The van der Waals surface area contributed by atoms with Gasteiger partial charge in [-0.25, -0.2) is 0 Å². The summed E-state index contributed by atoms with van der Waals surface area (Å²) in [5.74, 6) is -0.451. The first-order valence-corrected chi connectivity index (χ1v) is 4.69. The van der Waals surface area contributed by atoms with Crippen LogP contribution in [0.4, 0.5) is 0 Å². The lowest BCUT2D eigenvalue weighted by Gasteiger charge is -2.07. The Morgan fingerprint density at radius 1 is 1.36 bits per heavy atom. The molecule has 1 atom stereocenters. The van der Waals surface area contributed by atoms with E-state index >= 15 is 0 Å². The van der Waals surface area contributed by atoms with Crippen molar-refractivity contribution in [3.8, 4) is 0 Å². The lowest BCUT2D eigenvalue weighted by Crippen LogP contribution is -2.38. The molecule has 0 saturated heterocycles. The maximum absolute atomic E-state index is 10.9. The predicted octanol–water partition coefficient (Wildman–Crippen LogP) is -0.507. The molecule has 0 aromatic carbocycles. The van der Waals surface area contributed by atoms with Gasteiger partial charge in [0.15, 0.2) is 0 Å². The lowest BCUT2D eigenvalue weighted by atomic mass is 10.4. The third kappa shape index (κ3) is 6.68. The van der Waals surface area contributed by atoms with Crippen molar-refractivity contribution in [2.45, 2.75) is 12.3 Å². The molecule has 0 fully saturated rings. The Bertz CT molecular complexity index is 197. The van der Waals surface area contributed by atoms with Crippen LogP contribution in [0.15, 0.2) is 0 Å². The van der Waals surface area contributed by atoms with Crippen LogP contribution < -0.4 is 10.6 Å². The molecular weight excluding hydrogens is 208 g/mol. The quantitative estimate of drug-likeness (QED) is 0.470. The van der Waals surface area contributed by atoms with E-state index in [1.807, 2.05) is 0 Å². The molecule has 0 rings (SSSR count). The number of hydrogen-bond acceptors (Lipinski definition) is 3. The molecule has 5 nitrogen and oxygen atoms in total. The summed E-state index contributed by atoms with van der Waals surface area (Å²) >= 11 is 5.50. The van der Waals surface area contributed by atoms with Crippen molar-refractivity contribution in [3.05, 3.63) is 0 Å². The average molecular weight is 223 g/mol. The molecule has 14 heavy (non-hydrogen) atoms. The van der Waals surface area contributed by atoms with Crippen LogP contribution in [0.2, 0.25) is 0 Å². The number of carbonyl (C=O) groups is 2. The lowest BCUT2D eigenvalue weighted by molar-refractivity contribution is -0.125. The zero-order valence-corrected chi connectivity index (χ0v) is 9.06. The molecule has 0 radical (unpaired) electrons. The third-order valence-electron chi connectivity index (χ3n) is 1.38. The number of hydrogen-bond donors (Lipinski definition) is 2. The minimum Gasteiger partial charge on any atom is -0.375 e. The van der Waals surface area contributed by atoms with Gasteiger partial charge in [-0.2, -0.15) is 0 Å². The van der Waals surface area contributed by atoms with Gasteiger partial charge in [-0.3, -0.25) is 9.59 Å². The summed E-state index contributed by atoms with van der Waals surface area (Å²) in [7, 11) is 1.44. The number of alkyl halides is 1. The topological polar surface area (TPSA) is 67.4 Å². The second-order valence-corrected chi connectivity index (χ2v) is 3.34. The first-order valence-electron chi connectivity index (χ1n) is 4.25. The maximum atomic E-state index is 10.9. The van der Waals surface area contributed by atoms with Gasteiger partial charge in [0.05, 0.1) is 0 Å². The fourth-order valence-electron chi connectivity index (χ4n) is 0.710. The highest BCUT2D eigenvalue weighted by Gasteiger charge is 2.07. The molecule has 0 aliphatic carbocycles. The number of nitrogens with one attached hydrogen (secondary N) is 2. The molecule has 1 unspecified atom stereocenters. The largest absolute Gasteiger partial charge is 0.375 e. The Kier molecular flexibility index (Phi) is 7.14. The van der Waals surface area contributed by atoms with Crippen LogP contribution in [-0.4, -0.2) is 44.0 Å². The van der Waals surface area contributed by atoms with Gasteiger partial charge < -0.3 is 15.4 Å². The number of methoxy groups -OCH3 is 1. The summed E-state index contributed by atoms with van der Waals surface area (Å²) in [5.41, 5.74) is 0. The molecule has 2 amide bonds. The highest BCUT2D eigenvalue weighted by molar-refractivity contribution is 6.30. The fourth-order valence-corrected chi connectivity index (χ4v) is 0.788. The Balaban J connectivity index is 3.38. The van der Waals surface area contributed by atoms with Gasteiger partial charge in [-0.1, -0.05) is 0 Å². The molecule has 0 heterocycles. The van der Waals surface area contributed by atoms with Crippen LogP contribution in [0.1, 0.15) is 6.92 Å². The van der Waals surface area contributed by atoms with Crippen molar-refractivity contribution >= 4 is 23.4 Å². The molecule has 0 aliphatic rings. The van der Waals surface area contributed by atoms with E-state index < -0.39 is 5.38 Å². The average Bonchev–Trinajstić information content (AvgIpc) is 2.12. The number of ether oxygens (including phenoxy) is 1. The van der Waals surface area contributed by atoms with E-state index in [1.165, 1.54) is 7.11 Å². The number of amides is 2. The molecule has 0 aromatic rings. The van der Waals surface area contributed by atoms with E-state index in [2.05, 4.69) is 15.4 Å². The molecule has 6 heteroatoms. The van der Waals surface area contributed by atoms with Crippen molar-refractivity contribution in [2.75, 3.05) is 26.8 Å². The van der Waals surface area contributed by atoms with E-state index in [-0.39, 0.29) is 18.4 Å². The van der Waals surface area contributed by atoms with Gasteiger partial charge in [0.25, 0.3) is 0 Å². The first-order chi connectivity index (χ1) is 6.57. The minimum absolute atomic E-state index is 0.0276. The fraction of sp³-hybridized carbons (Fsp3) is 0.750. The normalized spacial score (nSPS) is 11.9. The number of rotatable bonds is 6. The maximum Gasteiger partial charge on any atom is 0.246 e. The summed E-state index contributed by atoms with van der Waals surface area (Å²) < 4.78 is 4.60. The van der Waals surface area contributed by atoms with E-state index in [0.29, 0.717) is 13.1 Å². The van der Waals surface area contributed by atoms with E-state index in [1.54, 1.807) is 6.92 Å². The Morgan fingerprint density at radius 3 is 2.43 bits per heavy atom. The zero-order chi connectivity index (χ0) is 11.0. The van der Waals surface area contributed by atoms with Gasteiger partial charge in [0, 0.05) is 20.2 Å². The second-order valence-electron chi connectivity index (χ2n) is 2.69. The summed E-state index contributed by atoms with van der Waals surface area (Å²) in [6.45, 7) is 2.35. The molecule has 0 bridgehead atoms.